The van der Waals surface area contributed by atoms with Gasteiger partial charge in [0.1, 0.15) is 0 Å². The van der Waals surface area contributed by atoms with E-state index in [2.05, 4.69) is 26.9 Å². The molecule has 0 saturated heterocycles. The number of aromatic nitrogens is 4. The van der Waals surface area contributed by atoms with Crippen molar-refractivity contribution in [1.29, 1.82) is 0 Å². The van der Waals surface area contributed by atoms with Crippen LogP contribution in [0.25, 0.3) is 5.69 Å². The first-order chi connectivity index (χ1) is 11.4. The van der Waals surface area contributed by atoms with E-state index in [4.69, 9.17) is 0 Å². The molecule has 24 heavy (non-hydrogen) atoms. The average molecular weight is 348 g/mol. The van der Waals surface area contributed by atoms with Crippen molar-refractivity contribution >= 4 is 23.6 Å². The van der Waals surface area contributed by atoms with E-state index in [1.807, 2.05) is 26.0 Å². The number of aryl methyl sites for hydroxylation is 2. The summed E-state index contributed by atoms with van der Waals surface area (Å²) in [6.07, 6.45) is 0. The molecule has 1 aromatic heterocycles. The highest BCUT2D eigenvalue weighted by molar-refractivity contribution is 7.99. The van der Waals surface area contributed by atoms with E-state index < -0.39 is 0 Å². The Labute approximate surface area is 144 Å². The second-order valence-electron chi connectivity index (χ2n) is 5.43. The van der Waals surface area contributed by atoms with Gasteiger partial charge in [0, 0.05) is 14.1 Å². The minimum Gasteiger partial charge on any atom is -0.358 e. The molecule has 0 unspecified atom stereocenters. The molecule has 0 radical (unpaired) electrons. The Morgan fingerprint density at radius 2 is 1.92 bits per heavy atom. The maximum atomic E-state index is 12.1. The van der Waals surface area contributed by atoms with Crippen LogP contribution in [0, 0.1) is 13.8 Å². The van der Waals surface area contributed by atoms with Crippen LogP contribution in [0.15, 0.2) is 23.4 Å². The van der Waals surface area contributed by atoms with Crippen LogP contribution in [0.2, 0.25) is 0 Å². The van der Waals surface area contributed by atoms with Crippen LogP contribution in [0.5, 0.6) is 0 Å². The van der Waals surface area contributed by atoms with Gasteiger partial charge in [-0.1, -0.05) is 17.8 Å². The number of benzene rings is 1. The normalized spacial score (nSPS) is 10.5. The molecule has 0 aliphatic carbocycles. The number of hydrogen-bond donors (Lipinski definition) is 1. The van der Waals surface area contributed by atoms with Gasteiger partial charge in [-0.3, -0.25) is 9.59 Å². The van der Waals surface area contributed by atoms with Gasteiger partial charge in [0.25, 0.3) is 0 Å². The predicted molar refractivity (Wildman–Crippen MR) is 91.1 cm³/mol. The van der Waals surface area contributed by atoms with Crippen LogP contribution in [0.3, 0.4) is 0 Å². The van der Waals surface area contributed by atoms with Crippen molar-refractivity contribution in [1.82, 2.24) is 30.4 Å². The molecule has 2 aromatic rings. The topological polar surface area (TPSA) is 93.0 Å². The molecular weight excluding hydrogens is 328 g/mol. The Kier molecular flexibility index (Phi) is 5.91. The van der Waals surface area contributed by atoms with Gasteiger partial charge < -0.3 is 10.2 Å². The summed E-state index contributed by atoms with van der Waals surface area (Å²) in [5.74, 6) is -0.229. The first kappa shape index (κ1) is 17.9. The maximum Gasteiger partial charge on any atom is 0.239 e. The van der Waals surface area contributed by atoms with Gasteiger partial charge >= 0.3 is 0 Å². The summed E-state index contributed by atoms with van der Waals surface area (Å²) in [6, 6.07) is 6.03. The van der Waals surface area contributed by atoms with E-state index in [-0.39, 0.29) is 24.1 Å². The molecule has 2 rings (SSSR count). The number of tetrazole rings is 1. The van der Waals surface area contributed by atoms with Crippen LogP contribution in [0.1, 0.15) is 11.1 Å². The molecular formula is C15H20N6O2S. The molecule has 0 saturated carbocycles. The Morgan fingerprint density at radius 3 is 2.54 bits per heavy atom. The average Bonchev–Trinajstić information content (AvgIpc) is 2.99. The molecule has 0 atom stereocenters. The lowest BCUT2D eigenvalue weighted by molar-refractivity contribution is -0.132. The summed E-state index contributed by atoms with van der Waals surface area (Å²) < 4.78 is 1.61. The first-order valence-electron chi connectivity index (χ1n) is 7.35. The standard InChI is InChI=1S/C15H20N6O2S/c1-10-5-11(2)7-12(6-10)21-15(17-18-19-21)24-9-14(23)20(4)8-13(22)16-3/h5-7H,8-9H2,1-4H3,(H,16,22). The van der Waals surface area contributed by atoms with Crippen LogP contribution >= 0.6 is 11.8 Å². The number of nitrogens with zero attached hydrogens (tertiary/aromatic N) is 5. The van der Waals surface area contributed by atoms with E-state index >= 15 is 0 Å². The summed E-state index contributed by atoms with van der Waals surface area (Å²) in [5.41, 5.74) is 3.07. The second kappa shape index (κ2) is 7.91. The summed E-state index contributed by atoms with van der Waals surface area (Å²) in [4.78, 5) is 24.8. The lowest BCUT2D eigenvalue weighted by Crippen LogP contribution is -2.37. The molecule has 8 nitrogen and oxygen atoms in total. The number of likely N-dealkylation sites (N-methyl/N-ethyl adjacent to an activating group) is 2. The number of carbonyl (C=O) groups excluding carboxylic acids is 2. The summed E-state index contributed by atoms with van der Waals surface area (Å²) in [5, 5.41) is 14.7. The zero-order valence-electron chi connectivity index (χ0n) is 14.1. The molecule has 1 N–H and O–H groups in total. The lowest BCUT2D eigenvalue weighted by Gasteiger charge is -2.15. The van der Waals surface area contributed by atoms with Crippen LogP contribution in [-0.4, -0.2) is 63.3 Å². The number of nitrogens with one attached hydrogen (secondary N) is 1. The number of hydrogen-bond acceptors (Lipinski definition) is 6. The molecule has 0 bridgehead atoms. The van der Waals surface area contributed by atoms with Crippen molar-refractivity contribution in [2.24, 2.45) is 0 Å². The smallest absolute Gasteiger partial charge is 0.239 e. The molecule has 1 heterocycles. The van der Waals surface area contributed by atoms with E-state index in [1.54, 1.807) is 11.7 Å². The Morgan fingerprint density at radius 1 is 1.25 bits per heavy atom. The molecule has 1 aromatic carbocycles. The van der Waals surface area contributed by atoms with E-state index in [9.17, 15) is 9.59 Å². The molecule has 0 spiro atoms. The Bertz CT molecular complexity index is 725. The Balaban J connectivity index is 2.06. The molecule has 2 amide bonds. The largest absolute Gasteiger partial charge is 0.358 e. The minimum atomic E-state index is -0.212. The van der Waals surface area contributed by atoms with Crippen molar-refractivity contribution in [2.45, 2.75) is 19.0 Å². The molecule has 0 aliphatic heterocycles. The molecule has 0 aliphatic rings. The second-order valence-corrected chi connectivity index (χ2v) is 6.37. The number of rotatable bonds is 6. The van der Waals surface area contributed by atoms with E-state index in [0.717, 1.165) is 16.8 Å². The van der Waals surface area contributed by atoms with Crippen molar-refractivity contribution in [3.05, 3.63) is 29.3 Å². The van der Waals surface area contributed by atoms with Gasteiger partial charge in [-0.25, -0.2) is 0 Å². The fourth-order valence-corrected chi connectivity index (χ4v) is 2.95. The predicted octanol–water partition coefficient (Wildman–Crippen LogP) is 0.576. The van der Waals surface area contributed by atoms with Crippen molar-refractivity contribution in [3.8, 4) is 5.69 Å². The minimum absolute atomic E-state index is 0.0257. The molecule has 9 heteroatoms. The highest BCUT2D eigenvalue weighted by atomic mass is 32.2. The SMILES string of the molecule is CNC(=O)CN(C)C(=O)CSc1nnnn1-c1cc(C)cc(C)c1. The number of thioether (sulfide) groups is 1. The molecule has 128 valence electrons. The third-order valence-electron chi connectivity index (χ3n) is 3.30. The fraction of sp³-hybridized carbons (Fsp3) is 0.400. The van der Waals surface area contributed by atoms with E-state index in [0.29, 0.717) is 5.16 Å². The van der Waals surface area contributed by atoms with E-state index in [1.165, 1.54) is 23.7 Å². The van der Waals surface area contributed by atoms with Gasteiger partial charge in [0.15, 0.2) is 0 Å². The van der Waals surface area contributed by atoms with Crippen molar-refractivity contribution in [3.63, 3.8) is 0 Å². The third kappa shape index (κ3) is 4.54. The highest BCUT2D eigenvalue weighted by Gasteiger charge is 2.16. The summed E-state index contributed by atoms with van der Waals surface area (Å²) >= 11 is 1.24. The fourth-order valence-electron chi connectivity index (χ4n) is 2.12. The number of carbonyl (C=O) groups is 2. The zero-order chi connectivity index (χ0) is 17.7. The van der Waals surface area contributed by atoms with Crippen LogP contribution in [0.4, 0.5) is 0 Å². The maximum absolute atomic E-state index is 12.1. The van der Waals surface area contributed by atoms with Crippen molar-refractivity contribution in [2.75, 3.05) is 26.4 Å². The molecule has 0 fully saturated rings. The highest BCUT2D eigenvalue weighted by Crippen LogP contribution is 2.20. The number of amides is 2. The third-order valence-corrected chi connectivity index (χ3v) is 4.21. The quantitative estimate of drug-likeness (QED) is 0.768. The van der Waals surface area contributed by atoms with Gasteiger partial charge in [-0.2, -0.15) is 4.68 Å². The van der Waals surface area contributed by atoms with Crippen LogP contribution in [-0.2, 0) is 9.59 Å². The van der Waals surface area contributed by atoms with Gasteiger partial charge in [-0.05, 0) is 47.5 Å². The lowest BCUT2D eigenvalue weighted by atomic mass is 10.1. The summed E-state index contributed by atoms with van der Waals surface area (Å²) in [6.45, 7) is 4.04. The van der Waals surface area contributed by atoms with Crippen LogP contribution < -0.4 is 5.32 Å². The van der Waals surface area contributed by atoms with Gasteiger partial charge in [0.2, 0.25) is 17.0 Å². The van der Waals surface area contributed by atoms with Crippen molar-refractivity contribution < 1.29 is 9.59 Å². The zero-order valence-corrected chi connectivity index (χ0v) is 14.9. The Hall–Kier alpha value is -2.42. The van der Waals surface area contributed by atoms with Gasteiger partial charge in [-0.15, -0.1) is 5.10 Å². The summed E-state index contributed by atoms with van der Waals surface area (Å²) in [7, 11) is 3.12. The monoisotopic (exact) mass is 348 g/mol. The first-order valence-corrected chi connectivity index (χ1v) is 8.33. The van der Waals surface area contributed by atoms with Gasteiger partial charge in [0.05, 0.1) is 18.0 Å².